The number of carbonyl (C=O) groups excluding carboxylic acids is 3. The molecule has 5 atom stereocenters. The lowest BCUT2D eigenvalue weighted by Gasteiger charge is -2.22. The molecule has 2 aliphatic carbocycles. The molecule has 1 heterocycles. The van der Waals surface area contributed by atoms with Gasteiger partial charge in [-0.25, -0.2) is 0 Å². The molecular weight excluding hydrogens is 369 g/mol. The summed E-state index contributed by atoms with van der Waals surface area (Å²) in [5.41, 5.74) is 0.456. The highest BCUT2D eigenvalue weighted by molar-refractivity contribution is 6.42. The first-order chi connectivity index (χ1) is 11.9. The molecule has 2 saturated carbocycles. The number of amides is 1. The van der Waals surface area contributed by atoms with E-state index in [1.807, 2.05) is 0 Å². The minimum atomic E-state index is -0.501. The fourth-order valence-corrected chi connectivity index (χ4v) is 4.63. The molecule has 1 amide bonds. The number of anilines is 1. The van der Waals surface area contributed by atoms with E-state index in [0.29, 0.717) is 22.2 Å². The SMILES string of the molecule is O=C(COC(=O)[C@@H]1[C@@H]2C[C@H]3[C@@H]1C(=O)O[C@@H]3C2)Nc1ccc(Cl)c(Cl)c1. The van der Waals surface area contributed by atoms with Crippen molar-refractivity contribution in [3.8, 4) is 0 Å². The number of nitrogens with one attached hydrogen (secondary N) is 1. The third-order valence-corrected chi connectivity index (χ3v) is 6.04. The Hall–Kier alpha value is -1.79. The monoisotopic (exact) mass is 383 g/mol. The van der Waals surface area contributed by atoms with Crippen molar-refractivity contribution in [1.29, 1.82) is 0 Å². The van der Waals surface area contributed by atoms with Crippen LogP contribution in [0.3, 0.4) is 0 Å². The van der Waals surface area contributed by atoms with Gasteiger partial charge in [-0.15, -0.1) is 0 Å². The number of carbonyl (C=O) groups is 3. The maximum Gasteiger partial charge on any atom is 0.310 e. The first kappa shape index (κ1) is 16.7. The minimum absolute atomic E-state index is 0.0375. The first-order valence-electron chi connectivity index (χ1n) is 8.06. The lowest BCUT2D eigenvalue weighted by molar-refractivity contribution is -0.157. The van der Waals surface area contributed by atoms with Crippen LogP contribution in [0.4, 0.5) is 5.69 Å². The molecule has 3 fully saturated rings. The predicted molar refractivity (Wildman–Crippen MR) is 89.1 cm³/mol. The van der Waals surface area contributed by atoms with E-state index < -0.39 is 30.3 Å². The summed E-state index contributed by atoms with van der Waals surface area (Å²) in [7, 11) is 0. The van der Waals surface area contributed by atoms with Crippen molar-refractivity contribution in [2.24, 2.45) is 23.7 Å². The molecule has 3 aliphatic rings. The Morgan fingerprint density at radius 1 is 1.24 bits per heavy atom. The second kappa shape index (κ2) is 6.18. The lowest BCUT2D eigenvalue weighted by Crippen LogP contribution is -2.34. The average Bonchev–Trinajstić information content (AvgIpc) is 3.18. The number of hydrogen-bond acceptors (Lipinski definition) is 5. The van der Waals surface area contributed by atoms with Gasteiger partial charge < -0.3 is 14.8 Å². The molecule has 2 bridgehead atoms. The Kier molecular flexibility index (Phi) is 4.12. The Balaban J connectivity index is 1.34. The molecule has 0 unspecified atom stereocenters. The van der Waals surface area contributed by atoms with Gasteiger partial charge in [0.05, 0.1) is 21.9 Å². The number of fused-ring (bicyclic) bond motifs is 1. The van der Waals surface area contributed by atoms with Gasteiger partial charge in [-0.1, -0.05) is 23.2 Å². The third kappa shape index (κ3) is 2.87. The number of ether oxygens (including phenoxy) is 2. The van der Waals surface area contributed by atoms with E-state index in [2.05, 4.69) is 5.32 Å². The molecule has 1 saturated heterocycles. The Morgan fingerprint density at radius 2 is 2.04 bits per heavy atom. The van der Waals surface area contributed by atoms with E-state index in [1.165, 1.54) is 6.07 Å². The van der Waals surface area contributed by atoms with Crippen LogP contribution < -0.4 is 5.32 Å². The quantitative estimate of drug-likeness (QED) is 0.808. The molecule has 0 radical (unpaired) electrons. The normalized spacial score (nSPS) is 31.8. The number of halogens is 2. The zero-order chi connectivity index (χ0) is 17.7. The fourth-order valence-electron chi connectivity index (χ4n) is 4.33. The van der Waals surface area contributed by atoms with Crippen LogP contribution in [-0.4, -0.2) is 30.6 Å². The highest BCUT2D eigenvalue weighted by atomic mass is 35.5. The molecule has 6 nitrogen and oxygen atoms in total. The minimum Gasteiger partial charge on any atom is -0.462 e. The summed E-state index contributed by atoms with van der Waals surface area (Å²) in [6.45, 7) is -0.418. The standard InChI is InChI=1S/C17H15Cl2NO5/c18-10-2-1-8(5-11(10)19)20-13(21)6-24-16(22)14-7-3-9-12(4-7)25-17(23)15(9)14/h1-2,5,7,9,12,14-15H,3-4,6H2,(H,20,21)/t7-,9-,12-,14-,15+/m1/s1. The fraction of sp³-hybridized carbons (Fsp3) is 0.471. The maximum absolute atomic E-state index is 12.4. The first-order valence-corrected chi connectivity index (χ1v) is 8.81. The number of rotatable bonds is 4. The van der Waals surface area contributed by atoms with Crippen molar-refractivity contribution < 1.29 is 23.9 Å². The Bertz CT molecular complexity index is 765. The van der Waals surface area contributed by atoms with Crippen LogP contribution in [0.1, 0.15) is 12.8 Å². The van der Waals surface area contributed by atoms with Crippen molar-refractivity contribution >= 4 is 46.7 Å². The molecule has 1 aliphatic heterocycles. The summed E-state index contributed by atoms with van der Waals surface area (Å²) in [5, 5.41) is 3.27. The number of benzene rings is 1. The molecule has 1 N–H and O–H groups in total. The van der Waals surface area contributed by atoms with Gasteiger partial charge in [0.25, 0.3) is 5.91 Å². The van der Waals surface area contributed by atoms with Crippen LogP contribution in [0.15, 0.2) is 18.2 Å². The van der Waals surface area contributed by atoms with E-state index >= 15 is 0 Å². The number of hydrogen-bond donors (Lipinski definition) is 1. The molecule has 4 rings (SSSR count). The molecule has 1 aromatic carbocycles. The zero-order valence-corrected chi connectivity index (χ0v) is 14.5. The summed E-state index contributed by atoms with van der Waals surface area (Å²) in [6.07, 6.45) is 1.49. The average molecular weight is 384 g/mol. The Labute approximate surface area is 153 Å². The van der Waals surface area contributed by atoms with Gasteiger partial charge >= 0.3 is 11.9 Å². The lowest BCUT2D eigenvalue weighted by atomic mass is 9.80. The second-order valence-electron chi connectivity index (χ2n) is 6.71. The van der Waals surface area contributed by atoms with Crippen LogP contribution in [-0.2, 0) is 23.9 Å². The Morgan fingerprint density at radius 3 is 2.80 bits per heavy atom. The van der Waals surface area contributed by atoms with Gasteiger partial charge in [0.2, 0.25) is 0 Å². The van der Waals surface area contributed by atoms with Crippen LogP contribution >= 0.6 is 23.2 Å². The van der Waals surface area contributed by atoms with E-state index in [9.17, 15) is 14.4 Å². The van der Waals surface area contributed by atoms with Gasteiger partial charge in [-0.05, 0) is 37.0 Å². The molecule has 0 aromatic heterocycles. The van der Waals surface area contributed by atoms with Gasteiger partial charge in [-0.2, -0.15) is 0 Å². The summed E-state index contributed by atoms with van der Waals surface area (Å²) in [6, 6.07) is 4.66. The topological polar surface area (TPSA) is 81.7 Å². The van der Waals surface area contributed by atoms with Gasteiger partial charge in [0.15, 0.2) is 6.61 Å². The summed E-state index contributed by atoms with van der Waals surface area (Å²) < 4.78 is 10.4. The summed E-state index contributed by atoms with van der Waals surface area (Å²) in [5.74, 6) is -1.96. The third-order valence-electron chi connectivity index (χ3n) is 5.30. The van der Waals surface area contributed by atoms with E-state index in [1.54, 1.807) is 12.1 Å². The summed E-state index contributed by atoms with van der Waals surface area (Å²) >= 11 is 11.7. The van der Waals surface area contributed by atoms with Crippen molar-refractivity contribution in [3.05, 3.63) is 28.2 Å². The van der Waals surface area contributed by atoms with Crippen LogP contribution in [0, 0.1) is 23.7 Å². The highest BCUT2D eigenvalue weighted by Crippen LogP contribution is 2.57. The maximum atomic E-state index is 12.4. The van der Waals surface area contributed by atoms with Crippen molar-refractivity contribution in [2.75, 3.05) is 11.9 Å². The highest BCUT2D eigenvalue weighted by Gasteiger charge is 2.64. The van der Waals surface area contributed by atoms with Crippen molar-refractivity contribution in [1.82, 2.24) is 0 Å². The van der Waals surface area contributed by atoms with Gasteiger partial charge in [0, 0.05) is 11.6 Å². The molecule has 132 valence electrons. The van der Waals surface area contributed by atoms with Crippen LogP contribution in [0.2, 0.25) is 10.0 Å². The van der Waals surface area contributed by atoms with Crippen LogP contribution in [0.5, 0.6) is 0 Å². The molecule has 0 spiro atoms. The predicted octanol–water partition coefficient (Wildman–Crippen LogP) is 2.67. The molecule has 25 heavy (non-hydrogen) atoms. The van der Waals surface area contributed by atoms with E-state index in [4.69, 9.17) is 32.7 Å². The largest absolute Gasteiger partial charge is 0.462 e. The van der Waals surface area contributed by atoms with Crippen molar-refractivity contribution in [3.63, 3.8) is 0 Å². The van der Waals surface area contributed by atoms with E-state index in [0.717, 1.165) is 6.42 Å². The molecule has 1 aromatic rings. The number of esters is 2. The van der Waals surface area contributed by atoms with Crippen LogP contribution in [0.25, 0.3) is 0 Å². The van der Waals surface area contributed by atoms with Gasteiger partial charge in [-0.3, -0.25) is 14.4 Å². The smallest absolute Gasteiger partial charge is 0.310 e. The molecular formula is C17H15Cl2NO5. The summed E-state index contributed by atoms with van der Waals surface area (Å²) in [4.78, 5) is 36.2. The van der Waals surface area contributed by atoms with E-state index in [-0.39, 0.29) is 23.9 Å². The van der Waals surface area contributed by atoms with Crippen molar-refractivity contribution in [2.45, 2.75) is 18.9 Å². The zero-order valence-electron chi connectivity index (χ0n) is 13.0. The second-order valence-corrected chi connectivity index (χ2v) is 7.52. The van der Waals surface area contributed by atoms with Gasteiger partial charge in [0.1, 0.15) is 6.10 Å². The molecule has 8 heteroatoms.